The van der Waals surface area contributed by atoms with E-state index in [4.69, 9.17) is 4.74 Å². The van der Waals surface area contributed by atoms with Gasteiger partial charge >= 0.3 is 0 Å². The van der Waals surface area contributed by atoms with Gasteiger partial charge in [0.15, 0.2) is 0 Å². The molecule has 1 atom stereocenters. The molecule has 4 heteroatoms. The van der Waals surface area contributed by atoms with E-state index in [2.05, 4.69) is 0 Å². The second-order valence-corrected chi connectivity index (χ2v) is 2.88. The van der Waals surface area contributed by atoms with Crippen LogP contribution in [-0.2, 0) is 4.74 Å². The first-order valence-corrected chi connectivity index (χ1v) is 4.35. The lowest BCUT2D eigenvalue weighted by atomic mass is 10.1. The van der Waals surface area contributed by atoms with Gasteiger partial charge in [-0.1, -0.05) is 0 Å². The monoisotopic (exact) mass is 202 g/mol. The van der Waals surface area contributed by atoms with Crippen LogP contribution in [0.2, 0.25) is 0 Å². The highest BCUT2D eigenvalue weighted by molar-refractivity contribution is 5.20. The van der Waals surface area contributed by atoms with Gasteiger partial charge in [-0.2, -0.15) is 0 Å². The lowest BCUT2D eigenvalue weighted by Crippen LogP contribution is -2.07. The largest absolute Gasteiger partial charge is 0.386 e. The molecule has 0 spiro atoms. The Morgan fingerprint density at radius 3 is 2.36 bits per heavy atom. The highest BCUT2D eigenvalue weighted by atomic mass is 19.1. The molecule has 0 bridgehead atoms. The van der Waals surface area contributed by atoms with Crippen LogP contribution in [0.5, 0.6) is 0 Å². The van der Waals surface area contributed by atoms with Crippen LogP contribution >= 0.6 is 0 Å². The molecule has 0 saturated carbocycles. The molecule has 14 heavy (non-hydrogen) atoms. The molecule has 0 amide bonds. The lowest BCUT2D eigenvalue weighted by Gasteiger charge is -2.10. The summed E-state index contributed by atoms with van der Waals surface area (Å²) in [5.74, 6) is -1.40. The van der Waals surface area contributed by atoms with E-state index in [1.165, 1.54) is 0 Å². The van der Waals surface area contributed by atoms with Crippen molar-refractivity contribution >= 4 is 0 Å². The number of hydrogen-bond acceptors (Lipinski definition) is 2. The van der Waals surface area contributed by atoms with E-state index < -0.39 is 17.7 Å². The van der Waals surface area contributed by atoms with Crippen molar-refractivity contribution in [3.05, 3.63) is 35.4 Å². The number of halogens is 2. The van der Waals surface area contributed by atoms with Gasteiger partial charge in [0.2, 0.25) is 0 Å². The molecule has 1 aromatic carbocycles. The van der Waals surface area contributed by atoms with E-state index in [-0.39, 0.29) is 12.2 Å². The van der Waals surface area contributed by atoms with Crippen molar-refractivity contribution in [1.82, 2.24) is 0 Å². The number of aliphatic hydroxyl groups is 1. The summed E-state index contributed by atoms with van der Waals surface area (Å²) in [5, 5.41) is 9.44. The smallest absolute Gasteiger partial charge is 0.126 e. The van der Waals surface area contributed by atoms with E-state index in [1.54, 1.807) is 6.92 Å². The molecule has 0 radical (unpaired) electrons. The zero-order chi connectivity index (χ0) is 10.6. The summed E-state index contributed by atoms with van der Waals surface area (Å²) in [6, 6.07) is 2.94. The maximum absolute atomic E-state index is 12.7. The molecule has 0 aliphatic heterocycles. The maximum atomic E-state index is 12.7. The number of benzene rings is 1. The Morgan fingerprint density at radius 2 is 1.86 bits per heavy atom. The fourth-order valence-corrected chi connectivity index (χ4v) is 1.09. The number of hydrogen-bond donors (Lipinski definition) is 1. The van der Waals surface area contributed by atoms with Crippen LogP contribution in [0.3, 0.4) is 0 Å². The Labute approximate surface area is 81.1 Å². The lowest BCUT2D eigenvalue weighted by molar-refractivity contribution is 0.0417. The van der Waals surface area contributed by atoms with Gasteiger partial charge in [-0.3, -0.25) is 0 Å². The molecule has 0 aliphatic rings. The standard InChI is InChI=1S/C10H12F2O2/c1-2-14-6-10(13)7-3-8(11)5-9(12)4-7/h3-5,10,13H,2,6H2,1H3. The van der Waals surface area contributed by atoms with Crippen LogP contribution in [0.1, 0.15) is 18.6 Å². The first-order chi connectivity index (χ1) is 6.63. The average molecular weight is 202 g/mol. The Bertz CT molecular complexity index is 282. The molecule has 78 valence electrons. The molecule has 1 aromatic rings. The van der Waals surface area contributed by atoms with Crippen LogP contribution in [-0.4, -0.2) is 18.3 Å². The van der Waals surface area contributed by atoms with E-state index in [1.807, 2.05) is 0 Å². The molecular formula is C10H12F2O2. The normalized spacial score (nSPS) is 12.9. The second kappa shape index (κ2) is 5.02. The van der Waals surface area contributed by atoms with Gasteiger partial charge in [0, 0.05) is 12.7 Å². The van der Waals surface area contributed by atoms with Crippen molar-refractivity contribution in [2.45, 2.75) is 13.0 Å². The van der Waals surface area contributed by atoms with Gasteiger partial charge in [0.25, 0.3) is 0 Å². The van der Waals surface area contributed by atoms with Gasteiger partial charge in [0.1, 0.15) is 17.7 Å². The molecule has 0 aliphatic carbocycles. The van der Waals surface area contributed by atoms with Crippen molar-refractivity contribution in [1.29, 1.82) is 0 Å². The third-order valence-electron chi connectivity index (χ3n) is 1.75. The van der Waals surface area contributed by atoms with E-state index in [9.17, 15) is 13.9 Å². The topological polar surface area (TPSA) is 29.5 Å². The first kappa shape index (κ1) is 11.1. The highest BCUT2D eigenvalue weighted by Gasteiger charge is 2.10. The van der Waals surface area contributed by atoms with Crippen molar-refractivity contribution < 1.29 is 18.6 Å². The predicted octanol–water partition coefficient (Wildman–Crippen LogP) is 2.03. The fourth-order valence-electron chi connectivity index (χ4n) is 1.09. The minimum atomic E-state index is -0.986. The van der Waals surface area contributed by atoms with Gasteiger partial charge in [-0.15, -0.1) is 0 Å². The van der Waals surface area contributed by atoms with Crippen LogP contribution in [0.15, 0.2) is 18.2 Å². The molecule has 0 saturated heterocycles. The van der Waals surface area contributed by atoms with E-state index >= 15 is 0 Å². The maximum Gasteiger partial charge on any atom is 0.126 e. The molecule has 1 unspecified atom stereocenters. The molecule has 1 N–H and O–H groups in total. The Hall–Kier alpha value is -1.00. The predicted molar refractivity (Wildman–Crippen MR) is 47.8 cm³/mol. The molecule has 1 rings (SSSR count). The summed E-state index contributed by atoms with van der Waals surface area (Å²) in [6.07, 6.45) is -0.986. The fraction of sp³-hybridized carbons (Fsp3) is 0.400. The summed E-state index contributed by atoms with van der Waals surface area (Å²) in [4.78, 5) is 0. The first-order valence-electron chi connectivity index (χ1n) is 4.35. The Balaban J connectivity index is 2.73. The summed E-state index contributed by atoms with van der Waals surface area (Å²) >= 11 is 0. The average Bonchev–Trinajstić information content (AvgIpc) is 2.12. The van der Waals surface area contributed by atoms with Gasteiger partial charge < -0.3 is 9.84 Å². The quantitative estimate of drug-likeness (QED) is 0.809. The summed E-state index contributed by atoms with van der Waals surface area (Å²) in [7, 11) is 0. The molecule has 2 nitrogen and oxygen atoms in total. The van der Waals surface area contributed by atoms with Crippen LogP contribution in [0.4, 0.5) is 8.78 Å². The van der Waals surface area contributed by atoms with Crippen molar-refractivity contribution in [2.75, 3.05) is 13.2 Å². The molecule has 0 fully saturated rings. The van der Waals surface area contributed by atoms with Crippen molar-refractivity contribution in [2.24, 2.45) is 0 Å². The number of rotatable bonds is 4. The number of aliphatic hydroxyl groups excluding tert-OH is 1. The van der Waals surface area contributed by atoms with Crippen LogP contribution < -0.4 is 0 Å². The van der Waals surface area contributed by atoms with Crippen LogP contribution in [0.25, 0.3) is 0 Å². The van der Waals surface area contributed by atoms with E-state index in [0.29, 0.717) is 6.61 Å². The Morgan fingerprint density at radius 1 is 1.29 bits per heavy atom. The van der Waals surface area contributed by atoms with E-state index in [0.717, 1.165) is 18.2 Å². The zero-order valence-electron chi connectivity index (χ0n) is 7.84. The van der Waals surface area contributed by atoms with Crippen LogP contribution in [0, 0.1) is 11.6 Å². The summed E-state index contributed by atoms with van der Waals surface area (Å²) in [5.41, 5.74) is 0.191. The third kappa shape index (κ3) is 3.05. The summed E-state index contributed by atoms with van der Waals surface area (Å²) in [6.45, 7) is 2.27. The molecule has 0 aromatic heterocycles. The summed E-state index contributed by atoms with van der Waals surface area (Å²) < 4.78 is 30.4. The second-order valence-electron chi connectivity index (χ2n) is 2.88. The van der Waals surface area contributed by atoms with Gasteiger partial charge in [-0.05, 0) is 24.6 Å². The van der Waals surface area contributed by atoms with Crippen molar-refractivity contribution in [3.8, 4) is 0 Å². The third-order valence-corrected chi connectivity index (χ3v) is 1.75. The zero-order valence-corrected chi connectivity index (χ0v) is 7.84. The highest BCUT2D eigenvalue weighted by Crippen LogP contribution is 2.16. The van der Waals surface area contributed by atoms with Gasteiger partial charge in [-0.25, -0.2) is 8.78 Å². The Kier molecular flexibility index (Phi) is 3.98. The molecule has 0 heterocycles. The minimum absolute atomic E-state index is 0.0411. The van der Waals surface area contributed by atoms with Gasteiger partial charge in [0.05, 0.1) is 6.61 Å². The van der Waals surface area contributed by atoms with Crippen molar-refractivity contribution in [3.63, 3.8) is 0 Å². The minimum Gasteiger partial charge on any atom is -0.386 e. The molecular weight excluding hydrogens is 190 g/mol. The number of ether oxygens (including phenoxy) is 1. The SMILES string of the molecule is CCOCC(O)c1cc(F)cc(F)c1.